The summed E-state index contributed by atoms with van der Waals surface area (Å²) in [6.07, 6.45) is 0. The molecule has 0 amide bonds. The fourth-order valence-corrected chi connectivity index (χ4v) is 0. The average Bonchev–Trinajstić information content (AvgIpc) is 0. The molecule has 0 N–H and O–H groups in total. The van der Waals surface area contributed by atoms with Crippen molar-refractivity contribution in [2.24, 2.45) is 0 Å². The topological polar surface area (TPSA) is 0 Å². The Balaban J connectivity index is 0. The first-order valence-corrected chi connectivity index (χ1v) is 0. The van der Waals surface area contributed by atoms with Gasteiger partial charge in [0, 0.05) is 0 Å². The van der Waals surface area contributed by atoms with Crippen LogP contribution >= 0.6 is 0 Å². The van der Waals surface area contributed by atoms with E-state index in [1.165, 1.54) is 0 Å². The molecule has 40 valence electrons. The van der Waals surface area contributed by atoms with Crippen LogP contribution in [0.25, 0.3) is 0 Å². The second-order valence-corrected chi connectivity index (χ2v) is 0. The van der Waals surface area contributed by atoms with Crippen molar-refractivity contribution in [1.82, 2.24) is 0 Å². The fraction of sp³-hybridized carbons (Fsp3) is 0.200. The van der Waals surface area contributed by atoms with E-state index < -0.39 is 0 Å². The minimum absolute atomic E-state index is 0. The molecule has 0 atom stereocenters. The van der Waals surface area contributed by atoms with E-state index in [4.69, 9.17) is 0 Å². The molecule has 0 nitrogen and oxygen atoms in total. The minimum atomic E-state index is 0. The van der Waals surface area contributed by atoms with Crippen LogP contribution in [-0.4, -0.2) is 0 Å². The van der Waals surface area contributed by atoms with Gasteiger partial charge in [-0.15, -0.1) is 0 Å². The van der Waals surface area contributed by atoms with Gasteiger partial charge in [-0.3, -0.25) is 0 Å². The molecule has 0 aromatic carbocycles. The molecule has 0 radical (unpaired) electrons. The van der Waals surface area contributed by atoms with Crippen LogP contribution in [0.1, 0.15) is 7.43 Å². The Bertz CT molecular complexity index is 3.90. The molecular weight excluding hydrogens is 108 g/mol. The van der Waals surface area contributed by atoms with Crippen LogP contribution in [0.3, 0.4) is 0 Å². The zero-order chi connectivity index (χ0) is 0. The van der Waals surface area contributed by atoms with E-state index in [1.54, 1.807) is 0 Å². The maximum atomic E-state index is 0. The molecule has 0 saturated carbocycles. The summed E-state index contributed by atoms with van der Waals surface area (Å²) >= 11 is 0. The molecule has 0 unspecified atom stereocenters. The summed E-state index contributed by atoms with van der Waals surface area (Å²) in [5.41, 5.74) is 0. The third kappa shape index (κ3) is 127. The third-order valence-electron chi connectivity index (χ3n) is 0. The zero-order valence-electron chi connectivity index (χ0n) is 4.50. The van der Waals surface area contributed by atoms with Gasteiger partial charge in [-0.05, 0) is 0 Å². The second-order valence-electron chi connectivity index (χ2n) is 0. The molecule has 0 aromatic rings. The van der Waals surface area contributed by atoms with Gasteiger partial charge in [0.15, 0.2) is 0 Å². The van der Waals surface area contributed by atoms with Crippen molar-refractivity contribution in [3.05, 3.63) is 29.7 Å². The van der Waals surface area contributed by atoms with Crippen LogP contribution in [-0.2, 0) is 21.7 Å². The van der Waals surface area contributed by atoms with E-state index in [2.05, 4.69) is 0 Å². The second kappa shape index (κ2) is 249. The van der Waals surface area contributed by atoms with Crippen LogP contribution in [0.15, 0.2) is 0 Å². The summed E-state index contributed by atoms with van der Waals surface area (Å²) in [4.78, 5) is 0. The van der Waals surface area contributed by atoms with Gasteiger partial charge in [0.25, 0.3) is 0 Å². The van der Waals surface area contributed by atoms with Crippen molar-refractivity contribution >= 4 is 0 Å². The summed E-state index contributed by atoms with van der Waals surface area (Å²) in [6.45, 7) is 0. The van der Waals surface area contributed by atoms with E-state index in [-0.39, 0.29) is 58.9 Å². The first-order valence-electron chi connectivity index (χ1n) is 0. The molecule has 1 heteroatoms. The molecule has 0 aliphatic heterocycles. The minimum Gasteiger partial charge on any atom is -0.358 e. The average molecular weight is 124 g/mol. The van der Waals surface area contributed by atoms with Gasteiger partial charge in [-0.1, -0.05) is 7.43 Å². The van der Waals surface area contributed by atoms with E-state index in [9.17, 15) is 0 Å². The molecule has 0 aliphatic rings. The van der Waals surface area contributed by atoms with Gasteiger partial charge in [0.1, 0.15) is 0 Å². The molecule has 0 rings (SSSR count). The van der Waals surface area contributed by atoms with Crippen LogP contribution in [0.5, 0.6) is 0 Å². The van der Waals surface area contributed by atoms with Crippen molar-refractivity contribution in [2.75, 3.05) is 0 Å². The third-order valence-corrected chi connectivity index (χ3v) is 0. The van der Waals surface area contributed by atoms with Gasteiger partial charge >= 0.3 is 21.7 Å². The molecule has 0 aromatic heterocycles. The number of hydrogen-bond acceptors (Lipinski definition) is 0. The van der Waals surface area contributed by atoms with E-state index in [0.717, 1.165) is 0 Å². The normalized spacial score (nSPS) is 0. The Hall–Kier alpha value is 0.714. The van der Waals surface area contributed by atoms with Crippen molar-refractivity contribution in [3.63, 3.8) is 0 Å². The molecule has 0 fully saturated rings. The van der Waals surface area contributed by atoms with E-state index in [1.807, 2.05) is 0 Å². The summed E-state index contributed by atoms with van der Waals surface area (Å²) in [6, 6.07) is 0. The summed E-state index contributed by atoms with van der Waals surface area (Å²) in [5, 5.41) is 0. The molecule has 0 spiro atoms. The Kier molecular flexibility index (Phi) is 17800. The molecule has 0 heterocycles. The van der Waals surface area contributed by atoms with Crippen LogP contribution in [0, 0.1) is 29.7 Å². The SMILES string of the molecule is C.[CH3-].[CH3-].[CH3-].[CH3-].[Ti+4]. The van der Waals surface area contributed by atoms with Crippen LogP contribution in [0.4, 0.5) is 0 Å². The van der Waals surface area contributed by atoms with Gasteiger partial charge in [-0.2, -0.15) is 0 Å². The van der Waals surface area contributed by atoms with Crippen molar-refractivity contribution < 1.29 is 21.7 Å². The van der Waals surface area contributed by atoms with Crippen LogP contribution < -0.4 is 0 Å². The Morgan fingerprint density at radius 1 is 0.500 bits per heavy atom. The summed E-state index contributed by atoms with van der Waals surface area (Å²) in [5.74, 6) is 0. The Morgan fingerprint density at radius 3 is 0.500 bits per heavy atom. The van der Waals surface area contributed by atoms with Crippen molar-refractivity contribution in [1.29, 1.82) is 0 Å². The van der Waals surface area contributed by atoms with Gasteiger partial charge < -0.3 is 29.7 Å². The maximum Gasteiger partial charge on any atom is 4.00 e. The first-order chi connectivity index (χ1) is 0. The van der Waals surface area contributed by atoms with Gasteiger partial charge in [-0.25, -0.2) is 0 Å². The van der Waals surface area contributed by atoms with Gasteiger partial charge in [0.2, 0.25) is 0 Å². The van der Waals surface area contributed by atoms with Gasteiger partial charge in [0.05, 0.1) is 0 Å². The number of rotatable bonds is 0. The first kappa shape index (κ1) is 430. The quantitative estimate of drug-likeness (QED) is 0.343. The summed E-state index contributed by atoms with van der Waals surface area (Å²) in [7, 11) is 0. The predicted molar refractivity (Wildman–Crippen MR) is 32.4 cm³/mol. The Morgan fingerprint density at radius 2 is 0.500 bits per heavy atom. The molecule has 0 saturated heterocycles. The monoisotopic (exact) mass is 124 g/mol. The fourth-order valence-electron chi connectivity index (χ4n) is 0. The van der Waals surface area contributed by atoms with Crippen molar-refractivity contribution in [2.45, 2.75) is 7.43 Å². The molecular formula is C5H16Ti. The largest absolute Gasteiger partial charge is 4.00 e. The smallest absolute Gasteiger partial charge is 0.358 e. The van der Waals surface area contributed by atoms with E-state index >= 15 is 0 Å². The molecule has 0 bridgehead atoms. The Labute approximate surface area is 59.2 Å². The number of hydrogen-bond donors (Lipinski definition) is 0. The van der Waals surface area contributed by atoms with E-state index in [0.29, 0.717) is 0 Å². The van der Waals surface area contributed by atoms with Crippen LogP contribution in [0.2, 0.25) is 0 Å². The standard InChI is InChI=1S/CH4.4CH3.Ti/h1H4;4*1H3;/q;4*-1;+4. The van der Waals surface area contributed by atoms with Crippen molar-refractivity contribution in [3.8, 4) is 0 Å². The maximum absolute atomic E-state index is 0. The summed E-state index contributed by atoms with van der Waals surface area (Å²) < 4.78 is 0. The predicted octanol–water partition coefficient (Wildman–Crippen LogP) is 2.43. The molecule has 0 aliphatic carbocycles. The molecule has 6 heavy (non-hydrogen) atoms. The zero-order valence-corrected chi connectivity index (χ0v) is 6.06.